The van der Waals surface area contributed by atoms with E-state index in [0.29, 0.717) is 16.9 Å². The lowest BCUT2D eigenvalue weighted by atomic mass is 10.2. The molecule has 0 radical (unpaired) electrons. The number of oxazole rings is 1. The number of halogens is 2. The number of aromatic nitrogens is 3. The standard InChI is InChI=1S/C17H14F2N4O2S/c18-10-3-4-11(12(19)7-10)13-8-20-15(25-13)6-5-14(24)21-17-23-22-16(26-17)9-1-2-9/h3-4,7-9H,1-2,5-6H2,(H,21,23,24). The van der Waals surface area contributed by atoms with Crippen molar-refractivity contribution in [3.8, 4) is 11.3 Å². The summed E-state index contributed by atoms with van der Waals surface area (Å²) in [6.07, 6.45) is 4.01. The van der Waals surface area contributed by atoms with Crippen molar-refractivity contribution in [1.29, 1.82) is 0 Å². The minimum absolute atomic E-state index is 0.121. The third-order valence-electron chi connectivity index (χ3n) is 3.93. The Bertz CT molecular complexity index is 952. The fourth-order valence-corrected chi connectivity index (χ4v) is 3.35. The first-order valence-electron chi connectivity index (χ1n) is 8.12. The van der Waals surface area contributed by atoms with Crippen molar-refractivity contribution in [3.05, 3.63) is 46.9 Å². The van der Waals surface area contributed by atoms with Gasteiger partial charge in [0.2, 0.25) is 11.0 Å². The first kappa shape index (κ1) is 16.8. The lowest BCUT2D eigenvalue weighted by molar-refractivity contribution is -0.116. The monoisotopic (exact) mass is 376 g/mol. The number of nitrogens with zero attached hydrogens (tertiary/aromatic N) is 3. The maximum Gasteiger partial charge on any atom is 0.226 e. The van der Waals surface area contributed by atoms with Gasteiger partial charge in [0.25, 0.3) is 0 Å². The summed E-state index contributed by atoms with van der Waals surface area (Å²) in [5.74, 6) is -0.629. The number of hydrogen-bond donors (Lipinski definition) is 1. The molecule has 6 nitrogen and oxygen atoms in total. The normalized spacial score (nSPS) is 13.8. The molecular weight excluding hydrogens is 362 g/mol. The first-order chi connectivity index (χ1) is 12.6. The molecule has 0 unspecified atom stereocenters. The fourth-order valence-electron chi connectivity index (χ4n) is 2.42. The molecule has 4 rings (SSSR count). The molecule has 134 valence electrons. The Hall–Kier alpha value is -2.68. The zero-order valence-corrected chi connectivity index (χ0v) is 14.4. The van der Waals surface area contributed by atoms with E-state index < -0.39 is 11.6 Å². The van der Waals surface area contributed by atoms with Gasteiger partial charge in [-0.25, -0.2) is 13.8 Å². The zero-order valence-electron chi connectivity index (χ0n) is 13.5. The Balaban J connectivity index is 1.34. The number of carbonyl (C=O) groups is 1. The summed E-state index contributed by atoms with van der Waals surface area (Å²) in [4.78, 5) is 16.0. The third-order valence-corrected chi connectivity index (χ3v) is 4.93. The Kier molecular flexibility index (Phi) is 4.46. The van der Waals surface area contributed by atoms with Crippen LogP contribution in [0, 0.1) is 11.6 Å². The van der Waals surface area contributed by atoms with Gasteiger partial charge in [0.1, 0.15) is 16.6 Å². The van der Waals surface area contributed by atoms with Gasteiger partial charge in [-0.2, -0.15) is 0 Å². The molecule has 1 saturated carbocycles. The van der Waals surface area contributed by atoms with E-state index in [1.165, 1.54) is 23.6 Å². The van der Waals surface area contributed by atoms with E-state index in [-0.39, 0.29) is 30.1 Å². The molecule has 2 heterocycles. The minimum Gasteiger partial charge on any atom is -0.441 e. The summed E-state index contributed by atoms with van der Waals surface area (Å²) in [6.45, 7) is 0. The van der Waals surface area contributed by atoms with E-state index >= 15 is 0 Å². The van der Waals surface area contributed by atoms with Gasteiger partial charge in [-0.3, -0.25) is 4.79 Å². The van der Waals surface area contributed by atoms with Gasteiger partial charge in [-0.05, 0) is 25.0 Å². The molecule has 26 heavy (non-hydrogen) atoms. The number of carbonyl (C=O) groups excluding carboxylic acids is 1. The van der Waals surface area contributed by atoms with Gasteiger partial charge in [0.05, 0.1) is 11.8 Å². The SMILES string of the molecule is O=C(CCc1ncc(-c2ccc(F)cc2F)o1)Nc1nnc(C2CC2)s1. The number of hydrogen-bond acceptors (Lipinski definition) is 6. The van der Waals surface area contributed by atoms with Crippen LogP contribution in [0.3, 0.4) is 0 Å². The lowest BCUT2D eigenvalue weighted by Crippen LogP contribution is -2.12. The lowest BCUT2D eigenvalue weighted by Gasteiger charge is -2.00. The Morgan fingerprint density at radius 3 is 2.92 bits per heavy atom. The summed E-state index contributed by atoms with van der Waals surface area (Å²) in [7, 11) is 0. The van der Waals surface area contributed by atoms with E-state index in [0.717, 1.165) is 30.0 Å². The molecule has 9 heteroatoms. The molecule has 1 fully saturated rings. The fraction of sp³-hybridized carbons (Fsp3) is 0.294. The molecule has 1 N–H and O–H groups in total. The smallest absolute Gasteiger partial charge is 0.226 e. The van der Waals surface area contributed by atoms with Crippen molar-refractivity contribution in [2.24, 2.45) is 0 Å². The second kappa shape index (κ2) is 6.91. The highest BCUT2D eigenvalue weighted by molar-refractivity contribution is 7.15. The van der Waals surface area contributed by atoms with Crippen LogP contribution >= 0.6 is 11.3 Å². The maximum absolute atomic E-state index is 13.8. The van der Waals surface area contributed by atoms with Crippen molar-refractivity contribution >= 4 is 22.4 Å². The van der Waals surface area contributed by atoms with Gasteiger partial charge in [-0.1, -0.05) is 11.3 Å². The molecule has 0 aliphatic heterocycles. The van der Waals surface area contributed by atoms with Crippen LogP contribution in [0.25, 0.3) is 11.3 Å². The van der Waals surface area contributed by atoms with Crippen molar-refractivity contribution in [3.63, 3.8) is 0 Å². The van der Waals surface area contributed by atoms with Crippen LogP contribution in [0.1, 0.15) is 36.1 Å². The van der Waals surface area contributed by atoms with Crippen LogP contribution in [0.15, 0.2) is 28.8 Å². The number of aryl methyl sites for hydroxylation is 1. The highest BCUT2D eigenvalue weighted by Crippen LogP contribution is 2.42. The minimum atomic E-state index is -0.729. The first-order valence-corrected chi connectivity index (χ1v) is 8.93. The van der Waals surface area contributed by atoms with Crippen molar-refractivity contribution in [2.75, 3.05) is 5.32 Å². The predicted octanol–water partition coefficient (Wildman–Crippen LogP) is 3.92. The van der Waals surface area contributed by atoms with Crippen molar-refractivity contribution < 1.29 is 18.0 Å². The van der Waals surface area contributed by atoms with Crippen LogP contribution in [-0.2, 0) is 11.2 Å². The van der Waals surface area contributed by atoms with E-state index in [9.17, 15) is 13.6 Å². The molecule has 1 aromatic carbocycles. The molecule has 1 aliphatic carbocycles. The molecule has 1 aliphatic rings. The van der Waals surface area contributed by atoms with E-state index in [2.05, 4.69) is 20.5 Å². The van der Waals surface area contributed by atoms with Gasteiger partial charge in [-0.15, -0.1) is 10.2 Å². The quantitative estimate of drug-likeness (QED) is 0.705. The van der Waals surface area contributed by atoms with Crippen molar-refractivity contribution in [1.82, 2.24) is 15.2 Å². The van der Waals surface area contributed by atoms with Crippen LogP contribution in [0.4, 0.5) is 13.9 Å². The topological polar surface area (TPSA) is 80.9 Å². The highest BCUT2D eigenvalue weighted by Gasteiger charge is 2.27. The van der Waals surface area contributed by atoms with E-state index in [1.807, 2.05) is 0 Å². The molecule has 2 aromatic heterocycles. The van der Waals surface area contributed by atoms with Crippen LogP contribution < -0.4 is 5.32 Å². The molecule has 0 atom stereocenters. The highest BCUT2D eigenvalue weighted by atomic mass is 32.1. The van der Waals surface area contributed by atoms with Gasteiger partial charge in [0.15, 0.2) is 11.7 Å². The van der Waals surface area contributed by atoms with Crippen LogP contribution in [-0.4, -0.2) is 21.1 Å². The maximum atomic E-state index is 13.8. The summed E-state index contributed by atoms with van der Waals surface area (Å²) in [5, 5.41) is 12.2. The molecular formula is C17H14F2N4O2S. The number of rotatable bonds is 6. The Morgan fingerprint density at radius 1 is 1.31 bits per heavy atom. The Labute approximate surface area is 151 Å². The number of anilines is 1. The molecule has 0 bridgehead atoms. The van der Waals surface area contributed by atoms with Crippen molar-refractivity contribution in [2.45, 2.75) is 31.6 Å². The summed E-state index contributed by atoms with van der Waals surface area (Å²) in [6, 6.07) is 3.21. The van der Waals surface area contributed by atoms with Crippen LogP contribution in [0.5, 0.6) is 0 Å². The number of amides is 1. The van der Waals surface area contributed by atoms with Gasteiger partial charge >= 0.3 is 0 Å². The molecule has 3 aromatic rings. The molecule has 0 saturated heterocycles. The van der Waals surface area contributed by atoms with E-state index in [4.69, 9.17) is 4.42 Å². The largest absolute Gasteiger partial charge is 0.441 e. The summed E-state index contributed by atoms with van der Waals surface area (Å²) >= 11 is 1.39. The second-order valence-electron chi connectivity index (χ2n) is 6.01. The van der Waals surface area contributed by atoms with Gasteiger partial charge in [0, 0.05) is 24.8 Å². The van der Waals surface area contributed by atoms with E-state index in [1.54, 1.807) is 0 Å². The van der Waals surface area contributed by atoms with Gasteiger partial charge < -0.3 is 9.73 Å². The average molecular weight is 376 g/mol. The number of benzene rings is 1. The molecule has 0 spiro atoms. The average Bonchev–Trinajstić information content (AvgIpc) is 3.17. The number of nitrogens with one attached hydrogen (secondary N) is 1. The predicted molar refractivity (Wildman–Crippen MR) is 90.7 cm³/mol. The Morgan fingerprint density at radius 2 is 2.15 bits per heavy atom. The zero-order chi connectivity index (χ0) is 18.1. The molecule has 1 amide bonds. The summed E-state index contributed by atoms with van der Waals surface area (Å²) < 4.78 is 32.2. The second-order valence-corrected chi connectivity index (χ2v) is 7.02. The summed E-state index contributed by atoms with van der Waals surface area (Å²) in [5.41, 5.74) is 0.121. The van der Waals surface area contributed by atoms with Crippen LogP contribution in [0.2, 0.25) is 0 Å². The third kappa shape index (κ3) is 3.77.